The highest BCUT2D eigenvalue weighted by molar-refractivity contribution is 7.16. The van der Waals surface area contributed by atoms with Gasteiger partial charge in [-0.3, -0.25) is 14.0 Å². The summed E-state index contributed by atoms with van der Waals surface area (Å²) >= 11 is 1.39. The van der Waals surface area contributed by atoms with Gasteiger partial charge in [-0.1, -0.05) is 23.5 Å². The summed E-state index contributed by atoms with van der Waals surface area (Å²) in [5, 5.41) is 0. The molecule has 30 heavy (non-hydrogen) atoms. The maximum Gasteiger partial charge on any atom is 0.326 e. The second-order valence-electron chi connectivity index (χ2n) is 7.10. The minimum Gasteiger partial charge on any atom is -0.465 e. The Labute approximate surface area is 177 Å². The second kappa shape index (κ2) is 7.87. The molecule has 0 atom stereocenters. The molecule has 7 nitrogen and oxygen atoms in total. The Kier molecular flexibility index (Phi) is 5.26. The van der Waals surface area contributed by atoms with Gasteiger partial charge in [-0.25, -0.2) is 4.98 Å². The van der Waals surface area contributed by atoms with Crippen LogP contribution in [0.25, 0.3) is 15.9 Å². The molecule has 3 aromatic heterocycles. The molecule has 8 heteroatoms. The van der Waals surface area contributed by atoms with Gasteiger partial charge in [0.15, 0.2) is 4.80 Å². The third kappa shape index (κ3) is 3.54. The van der Waals surface area contributed by atoms with Crippen molar-refractivity contribution in [1.82, 2.24) is 14.0 Å². The van der Waals surface area contributed by atoms with Gasteiger partial charge in [0.05, 0.1) is 22.5 Å². The third-order valence-corrected chi connectivity index (χ3v) is 6.04. The van der Waals surface area contributed by atoms with E-state index < -0.39 is 5.91 Å². The first-order chi connectivity index (χ1) is 14.4. The van der Waals surface area contributed by atoms with Crippen molar-refractivity contribution in [3.8, 4) is 0 Å². The van der Waals surface area contributed by atoms with Crippen molar-refractivity contribution in [2.75, 3.05) is 6.61 Å². The Hall–Kier alpha value is -3.26. The Bertz CT molecular complexity index is 1360. The molecule has 0 unspecified atom stereocenters. The molecule has 3 heterocycles. The molecule has 4 aromatic rings. The summed E-state index contributed by atoms with van der Waals surface area (Å²) in [5.74, 6) is -0.763. The zero-order valence-electron chi connectivity index (χ0n) is 17.3. The SMILES string of the molecule is CCOC(=O)Cn1c(=NC(=O)c2c(C)nc3ccccn23)sc2c(C)cc(C)cc21. The standard InChI is InChI=1S/C22H22N4O3S/c1-5-29-18(27)12-26-16-11-13(2)10-14(3)20(16)30-22(26)24-21(28)19-15(4)23-17-8-6-7-9-25(17)19/h6-11H,5,12H2,1-4H3. The summed E-state index contributed by atoms with van der Waals surface area (Å²) in [6.07, 6.45) is 1.79. The number of thiazole rings is 1. The first kappa shape index (κ1) is 20.0. The molecule has 0 aliphatic carbocycles. The number of benzene rings is 1. The zero-order valence-corrected chi connectivity index (χ0v) is 18.1. The molecule has 4 rings (SSSR count). The number of aryl methyl sites for hydroxylation is 3. The van der Waals surface area contributed by atoms with E-state index in [0.717, 1.165) is 21.3 Å². The van der Waals surface area contributed by atoms with E-state index in [1.165, 1.54) is 11.3 Å². The monoisotopic (exact) mass is 422 g/mol. The number of imidazole rings is 1. The van der Waals surface area contributed by atoms with Gasteiger partial charge in [-0.05, 0) is 57.0 Å². The molecule has 1 aromatic carbocycles. The Morgan fingerprint density at radius 1 is 1.20 bits per heavy atom. The van der Waals surface area contributed by atoms with Gasteiger partial charge in [0.2, 0.25) is 0 Å². The van der Waals surface area contributed by atoms with E-state index in [2.05, 4.69) is 16.0 Å². The summed E-state index contributed by atoms with van der Waals surface area (Å²) in [6, 6.07) is 9.64. The summed E-state index contributed by atoms with van der Waals surface area (Å²) in [4.78, 5) is 34.7. The van der Waals surface area contributed by atoms with E-state index in [1.807, 2.05) is 38.1 Å². The highest BCUT2D eigenvalue weighted by Crippen LogP contribution is 2.24. The zero-order chi connectivity index (χ0) is 21.4. The minimum atomic E-state index is -0.398. The number of fused-ring (bicyclic) bond motifs is 2. The molecule has 0 bridgehead atoms. The van der Waals surface area contributed by atoms with Gasteiger partial charge >= 0.3 is 5.97 Å². The van der Waals surface area contributed by atoms with Crippen molar-refractivity contribution < 1.29 is 14.3 Å². The van der Waals surface area contributed by atoms with E-state index in [0.29, 0.717) is 28.4 Å². The van der Waals surface area contributed by atoms with Crippen LogP contribution < -0.4 is 4.80 Å². The molecule has 0 radical (unpaired) electrons. The Balaban J connectivity index is 1.91. The van der Waals surface area contributed by atoms with E-state index in [-0.39, 0.29) is 12.5 Å². The normalized spacial score (nSPS) is 12.1. The fourth-order valence-electron chi connectivity index (χ4n) is 3.60. The largest absolute Gasteiger partial charge is 0.465 e. The molecule has 154 valence electrons. The number of carbonyl (C=O) groups excluding carboxylic acids is 2. The lowest BCUT2D eigenvalue weighted by Crippen LogP contribution is -2.23. The predicted molar refractivity (Wildman–Crippen MR) is 116 cm³/mol. The summed E-state index contributed by atoms with van der Waals surface area (Å²) < 4.78 is 9.62. The highest BCUT2D eigenvalue weighted by Gasteiger charge is 2.18. The van der Waals surface area contributed by atoms with Crippen LogP contribution in [0.15, 0.2) is 41.5 Å². The number of aromatic nitrogens is 3. The molecule has 0 spiro atoms. The van der Waals surface area contributed by atoms with Crippen LogP contribution in [0.3, 0.4) is 0 Å². The van der Waals surface area contributed by atoms with E-state index >= 15 is 0 Å². The number of amides is 1. The summed E-state index contributed by atoms with van der Waals surface area (Å²) in [5.41, 5.74) is 4.74. The molecule has 1 amide bonds. The average molecular weight is 423 g/mol. The quantitative estimate of drug-likeness (QED) is 0.471. The van der Waals surface area contributed by atoms with Crippen molar-refractivity contribution in [1.29, 1.82) is 0 Å². The van der Waals surface area contributed by atoms with Gasteiger partial charge in [-0.15, -0.1) is 0 Å². The van der Waals surface area contributed by atoms with E-state index in [4.69, 9.17) is 4.74 Å². The number of hydrogen-bond acceptors (Lipinski definition) is 5. The van der Waals surface area contributed by atoms with Gasteiger partial charge < -0.3 is 9.30 Å². The van der Waals surface area contributed by atoms with Gasteiger partial charge in [0.1, 0.15) is 17.9 Å². The maximum atomic E-state index is 13.2. The van der Waals surface area contributed by atoms with Crippen LogP contribution in [0.5, 0.6) is 0 Å². The topological polar surface area (TPSA) is 78.0 Å². The van der Waals surface area contributed by atoms with Crippen LogP contribution in [0, 0.1) is 20.8 Å². The molecular formula is C22H22N4O3S. The van der Waals surface area contributed by atoms with Crippen molar-refractivity contribution >= 4 is 39.1 Å². The van der Waals surface area contributed by atoms with Gasteiger partial charge in [0.25, 0.3) is 5.91 Å². The molecule has 0 saturated carbocycles. The summed E-state index contributed by atoms with van der Waals surface area (Å²) in [7, 11) is 0. The number of esters is 1. The Morgan fingerprint density at radius 2 is 2.00 bits per heavy atom. The number of hydrogen-bond donors (Lipinski definition) is 0. The van der Waals surface area contributed by atoms with Crippen LogP contribution in [-0.4, -0.2) is 32.4 Å². The Morgan fingerprint density at radius 3 is 2.77 bits per heavy atom. The van der Waals surface area contributed by atoms with Gasteiger partial charge in [0, 0.05) is 6.20 Å². The molecule has 0 aliphatic rings. The number of ether oxygens (including phenoxy) is 1. The fourth-order valence-corrected chi connectivity index (χ4v) is 4.68. The number of pyridine rings is 1. The van der Waals surface area contributed by atoms with Crippen LogP contribution >= 0.6 is 11.3 Å². The molecular weight excluding hydrogens is 400 g/mol. The van der Waals surface area contributed by atoms with Crippen molar-refractivity contribution in [3.63, 3.8) is 0 Å². The number of carbonyl (C=O) groups is 2. The molecule has 0 fully saturated rings. The molecule has 0 saturated heterocycles. The van der Waals surface area contributed by atoms with E-state index in [9.17, 15) is 9.59 Å². The van der Waals surface area contributed by atoms with Crippen molar-refractivity contribution in [2.24, 2.45) is 4.99 Å². The lowest BCUT2D eigenvalue weighted by atomic mass is 10.1. The van der Waals surface area contributed by atoms with Crippen LogP contribution in [0.4, 0.5) is 0 Å². The van der Waals surface area contributed by atoms with Gasteiger partial charge in [-0.2, -0.15) is 4.99 Å². The van der Waals surface area contributed by atoms with Crippen LogP contribution in [-0.2, 0) is 16.1 Å². The fraction of sp³-hybridized carbons (Fsp3) is 0.273. The lowest BCUT2D eigenvalue weighted by Gasteiger charge is -2.06. The highest BCUT2D eigenvalue weighted by atomic mass is 32.1. The maximum absolute atomic E-state index is 13.2. The molecule has 0 N–H and O–H groups in total. The number of nitrogens with zero attached hydrogens (tertiary/aromatic N) is 4. The number of rotatable bonds is 4. The lowest BCUT2D eigenvalue weighted by molar-refractivity contribution is -0.143. The first-order valence-electron chi connectivity index (χ1n) is 9.68. The smallest absolute Gasteiger partial charge is 0.326 e. The summed E-state index contributed by atoms with van der Waals surface area (Å²) in [6.45, 7) is 7.87. The second-order valence-corrected chi connectivity index (χ2v) is 8.08. The van der Waals surface area contributed by atoms with Crippen LogP contribution in [0.1, 0.15) is 34.2 Å². The minimum absolute atomic E-state index is 0.00498. The van der Waals surface area contributed by atoms with Crippen molar-refractivity contribution in [2.45, 2.75) is 34.2 Å². The molecule has 0 aliphatic heterocycles. The first-order valence-corrected chi connectivity index (χ1v) is 10.5. The van der Waals surface area contributed by atoms with Crippen LogP contribution in [0.2, 0.25) is 0 Å². The predicted octanol–water partition coefficient (Wildman–Crippen LogP) is 3.58. The third-order valence-electron chi connectivity index (χ3n) is 4.81. The van der Waals surface area contributed by atoms with E-state index in [1.54, 1.807) is 29.0 Å². The average Bonchev–Trinajstić information content (AvgIpc) is 3.19. The van der Waals surface area contributed by atoms with Crippen molar-refractivity contribution in [3.05, 3.63) is 63.8 Å².